The zero-order valence-corrected chi connectivity index (χ0v) is 16.4. The lowest BCUT2D eigenvalue weighted by molar-refractivity contribution is -0.124. The van der Waals surface area contributed by atoms with E-state index in [0.717, 1.165) is 37.6 Å². The Morgan fingerprint density at radius 2 is 1.88 bits per heavy atom. The molecule has 25 heavy (non-hydrogen) atoms. The average Bonchev–Trinajstić information content (AvgIpc) is 2.62. The van der Waals surface area contributed by atoms with E-state index in [9.17, 15) is 4.79 Å². The number of nitrogens with one attached hydrogen (secondary N) is 1. The third-order valence-corrected chi connectivity index (χ3v) is 4.26. The smallest absolute Gasteiger partial charge is 0.224 e. The lowest BCUT2D eigenvalue weighted by atomic mass is 10.0. The second-order valence-corrected chi connectivity index (χ2v) is 5.82. The van der Waals surface area contributed by atoms with E-state index >= 15 is 0 Å². The van der Waals surface area contributed by atoms with Gasteiger partial charge in [-0.25, -0.2) is 0 Å². The van der Waals surface area contributed by atoms with E-state index in [-0.39, 0.29) is 42.7 Å². The molecule has 144 valence electrons. The van der Waals surface area contributed by atoms with Gasteiger partial charge in [0.15, 0.2) is 0 Å². The van der Waals surface area contributed by atoms with Gasteiger partial charge in [0.25, 0.3) is 0 Å². The molecule has 2 unspecified atom stereocenters. The molecule has 0 saturated carbocycles. The Bertz CT molecular complexity index is 496. The first-order valence-electron chi connectivity index (χ1n) is 8.09. The van der Waals surface area contributed by atoms with Crippen molar-refractivity contribution in [3.8, 4) is 5.75 Å². The quantitative estimate of drug-likeness (QED) is 0.735. The van der Waals surface area contributed by atoms with Crippen molar-refractivity contribution in [1.82, 2.24) is 10.2 Å². The molecular weight excluding hydrogens is 365 g/mol. The molecule has 6 nitrogen and oxygen atoms in total. The number of halogens is 2. The van der Waals surface area contributed by atoms with E-state index in [1.807, 2.05) is 19.1 Å². The molecule has 8 heteroatoms. The van der Waals surface area contributed by atoms with Gasteiger partial charge in [-0.15, -0.1) is 24.8 Å². The van der Waals surface area contributed by atoms with E-state index in [0.29, 0.717) is 13.1 Å². The van der Waals surface area contributed by atoms with Crippen LogP contribution in [0, 0.1) is 5.92 Å². The maximum atomic E-state index is 12.0. The van der Waals surface area contributed by atoms with Gasteiger partial charge < -0.3 is 20.5 Å². The van der Waals surface area contributed by atoms with Gasteiger partial charge in [0, 0.05) is 32.1 Å². The largest absolute Gasteiger partial charge is 0.497 e. The number of morpholine rings is 1. The molecule has 2 atom stereocenters. The predicted molar refractivity (Wildman–Crippen MR) is 104 cm³/mol. The Kier molecular flexibility index (Phi) is 11.8. The zero-order chi connectivity index (χ0) is 16.7. The Labute approximate surface area is 162 Å². The van der Waals surface area contributed by atoms with Crippen LogP contribution in [0.5, 0.6) is 5.75 Å². The monoisotopic (exact) mass is 393 g/mol. The van der Waals surface area contributed by atoms with Crippen molar-refractivity contribution in [3.63, 3.8) is 0 Å². The molecule has 0 spiro atoms. The number of hydrogen-bond donors (Lipinski definition) is 2. The highest BCUT2D eigenvalue weighted by atomic mass is 35.5. The Morgan fingerprint density at radius 1 is 1.28 bits per heavy atom. The summed E-state index contributed by atoms with van der Waals surface area (Å²) in [6, 6.07) is 8.13. The van der Waals surface area contributed by atoms with Gasteiger partial charge in [0.2, 0.25) is 5.91 Å². The molecular formula is C17H29Cl2N3O3. The summed E-state index contributed by atoms with van der Waals surface area (Å²) >= 11 is 0. The van der Waals surface area contributed by atoms with Crippen LogP contribution in [0.25, 0.3) is 0 Å². The van der Waals surface area contributed by atoms with Crippen LogP contribution in [0.1, 0.15) is 18.5 Å². The molecule has 0 bridgehead atoms. The second-order valence-electron chi connectivity index (χ2n) is 5.82. The van der Waals surface area contributed by atoms with Gasteiger partial charge in [-0.05, 0) is 17.7 Å². The molecule has 0 radical (unpaired) electrons. The van der Waals surface area contributed by atoms with Gasteiger partial charge in [0.1, 0.15) is 5.75 Å². The Morgan fingerprint density at radius 3 is 2.40 bits per heavy atom. The van der Waals surface area contributed by atoms with Crippen molar-refractivity contribution < 1.29 is 14.3 Å². The molecule has 1 amide bonds. The number of carbonyl (C=O) groups excluding carboxylic acids is 1. The predicted octanol–water partition coefficient (Wildman–Crippen LogP) is 1.62. The first-order valence-corrected chi connectivity index (χ1v) is 8.09. The number of ether oxygens (including phenoxy) is 2. The lowest BCUT2D eigenvalue weighted by Gasteiger charge is -2.35. The van der Waals surface area contributed by atoms with E-state index in [1.54, 1.807) is 7.11 Å². The molecule has 1 saturated heterocycles. The summed E-state index contributed by atoms with van der Waals surface area (Å²) in [7, 11) is 1.66. The van der Waals surface area contributed by atoms with Crippen LogP contribution >= 0.6 is 24.8 Å². The summed E-state index contributed by atoms with van der Waals surface area (Å²) in [5.74, 6) is 0.658. The number of nitrogens with two attached hydrogens (primary N) is 1. The number of benzene rings is 1. The molecule has 1 aliphatic rings. The van der Waals surface area contributed by atoms with Crippen molar-refractivity contribution in [3.05, 3.63) is 29.8 Å². The fourth-order valence-electron chi connectivity index (χ4n) is 2.65. The summed E-state index contributed by atoms with van der Waals surface area (Å²) in [5.41, 5.74) is 6.72. The van der Waals surface area contributed by atoms with Crippen molar-refractivity contribution in [2.24, 2.45) is 11.7 Å². The number of hydrogen-bond acceptors (Lipinski definition) is 5. The maximum absolute atomic E-state index is 12.0. The molecule has 1 aliphatic heterocycles. The fraction of sp³-hybridized carbons (Fsp3) is 0.588. The van der Waals surface area contributed by atoms with Crippen LogP contribution in [-0.2, 0) is 9.53 Å². The molecule has 1 aromatic carbocycles. The van der Waals surface area contributed by atoms with Crippen molar-refractivity contribution in [1.29, 1.82) is 0 Å². The lowest BCUT2D eigenvalue weighted by Crippen LogP contribution is -2.45. The molecule has 1 aromatic rings. The summed E-state index contributed by atoms with van der Waals surface area (Å²) in [5, 5.41) is 3.03. The van der Waals surface area contributed by atoms with E-state index < -0.39 is 0 Å². The number of carbonyl (C=O) groups is 1. The standard InChI is InChI=1S/C17H27N3O3.2ClH/c1-13(11-18)17(21)19-12-16(20-7-9-23-10-8-20)14-3-5-15(22-2)6-4-14;;/h3-6,13,16H,7-12,18H2,1-2H3,(H,19,21);2*1H. The minimum Gasteiger partial charge on any atom is -0.497 e. The SMILES string of the molecule is COc1ccc(C(CNC(=O)C(C)CN)N2CCOCC2)cc1.Cl.Cl. The maximum Gasteiger partial charge on any atom is 0.224 e. The van der Waals surface area contributed by atoms with E-state index in [4.69, 9.17) is 15.2 Å². The number of rotatable bonds is 7. The molecule has 2 rings (SSSR count). The molecule has 3 N–H and O–H groups in total. The molecule has 0 aliphatic carbocycles. The first-order chi connectivity index (χ1) is 11.2. The molecule has 1 heterocycles. The van der Waals surface area contributed by atoms with Crippen molar-refractivity contribution in [2.75, 3.05) is 46.5 Å². The highest BCUT2D eigenvalue weighted by Gasteiger charge is 2.24. The van der Waals surface area contributed by atoms with Crippen molar-refractivity contribution >= 4 is 30.7 Å². The zero-order valence-electron chi connectivity index (χ0n) is 14.8. The third-order valence-electron chi connectivity index (χ3n) is 4.26. The Hall–Kier alpha value is -1.05. The van der Waals surface area contributed by atoms with Crippen LogP contribution in [0.2, 0.25) is 0 Å². The van der Waals surface area contributed by atoms with E-state index in [1.165, 1.54) is 0 Å². The van der Waals surface area contributed by atoms with Crippen LogP contribution in [0.4, 0.5) is 0 Å². The number of amides is 1. The minimum absolute atomic E-state index is 0. The highest BCUT2D eigenvalue weighted by molar-refractivity contribution is 5.85. The first kappa shape index (κ1) is 23.9. The van der Waals surface area contributed by atoms with Crippen LogP contribution < -0.4 is 15.8 Å². The van der Waals surface area contributed by atoms with Gasteiger partial charge in [-0.1, -0.05) is 19.1 Å². The van der Waals surface area contributed by atoms with Gasteiger partial charge >= 0.3 is 0 Å². The number of nitrogens with zero attached hydrogens (tertiary/aromatic N) is 1. The normalized spacial score (nSPS) is 16.8. The second kappa shape index (κ2) is 12.3. The number of methoxy groups -OCH3 is 1. The molecule has 1 fully saturated rings. The third kappa shape index (κ3) is 6.99. The molecule has 0 aromatic heterocycles. The topological polar surface area (TPSA) is 76.8 Å². The Balaban J connectivity index is 0.00000288. The van der Waals surface area contributed by atoms with Gasteiger partial charge in [-0.3, -0.25) is 9.69 Å². The highest BCUT2D eigenvalue weighted by Crippen LogP contribution is 2.23. The minimum atomic E-state index is -0.170. The fourth-order valence-corrected chi connectivity index (χ4v) is 2.65. The summed E-state index contributed by atoms with van der Waals surface area (Å²) < 4.78 is 10.7. The van der Waals surface area contributed by atoms with E-state index in [2.05, 4.69) is 22.3 Å². The summed E-state index contributed by atoms with van der Waals surface area (Å²) in [6.45, 7) is 5.93. The van der Waals surface area contributed by atoms with Crippen LogP contribution in [0.15, 0.2) is 24.3 Å². The summed E-state index contributed by atoms with van der Waals surface area (Å²) in [4.78, 5) is 14.4. The average molecular weight is 394 g/mol. The van der Waals surface area contributed by atoms with Crippen LogP contribution in [-0.4, -0.2) is 57.3 Å². The van der Waals surface area contributed by atoms with Gasteiger partial charge in [-0.2, -0.15) is 0 Å². The van der Waals surface area contributed by atoms with Crippen molar-refractivity contribution in [2.45, 2.75) is 13.0 Å². The summed E-state index contributed by atoms with van der Waals surface area (Å²) in [6.07, 6.45) is 0. The van der Waals surface area contributed by atoms with Crippen LogP contribution in [0.3, 0.4) is 0 Å². The van der Waals surface area contributed by atoms with Gasteiger partial charge in [0.05, 0.1) is 26.4 Å².